The molecule has 1 aromatic carbocycles. The van der Waals surface area contributed by atoms with Crippen LogP contribution in [0.15, 0.2) is 18.2 Å². The predicted molar refractivity (Wildman–Crippen MR) is 63.9 cm³/mol. The van der Waals surface area contributed by atoms with Crippen LogP contribution in [0.4, 0.5) is 22.0 Å². The van der Waals surface area contributed by atoms with Crippen molar-refractivity contribution in [2.45, 2.75) is 19.1 Å². The largest absolute Gasteiger partial charge is 0.435 e. The Kier molecular flexibility index (Phi) is 3.20. The Bertz CT molecular complexity index is 690. The van der Waals surface area contributed by atoms with Crippen LogP contribution in [-0.2, 0) is 19.1 Å². The Balaban J connectivity index is 2.18. The van der Waals surface area contributed by atoms with Crippen LogP contribution in [0.3, 0.4) is 0 Å². The van der Waals surface area contributed by atoms with E-state index in [-0.39, 0.29) is 17.8 Å². The van der Waals surface area contributed by atoms with E-state index >= 15 is 0 Å². The molecular formula is C13H10F5N3. The number of benzene rings is 1. The quantitative estimate of drug-likeness (QED) is 0.821. The molecule has 0 saturated heterocycles. The maximum Gasteiger partial charge on any atom is 0.435 e. The van der Waals surface area contributed by atoms with E-state index in [0.717, 1.165) is 16.8 Å². The first-order valence-electron chi connectivity index (χ1n) is 6.22. The van der Waals surface area contributed by atoms with Gasteiger partial charge < -0.3 is 5.32 Å². The second-order valence-electron chi connectivity index (χ2n) is 4.71. The Hall–Kier alpha value is -1.96. The van der Waals surface area contributed by atoms with Gasteiger partial charge in [-0.2, -0.15) is 18.3 Å². The first-order chi connectivity index (χ1) is 9.88. The first kappa shape index (κ1) is 14.0. The summed E-state index contributed by atoms with van der Waals surface area (Å²) < 4.78 is 66.3. The molecule has 1 N–H and O–H groups in total. The van der Waals surface area contributed by atoms with E-state index in [1.807, 2.05) is 0 Å². The molecule has 3 nitrogen and oxygen atoms in total. The van der Waals surface area contributed by atoms with Gasteiger partial charge in [0.05, 0.1) is 11.4 Å². The van der Waals surface area contributed by atoms with Gasteiger partial charge >= 0.3 is 6.18 Å². The summed E-state index contributed by atoms with van der Waals surface area (Å²) in [4.78, 5) is 0. The second kappa shape index (κ2) is 4.80. The summed E-state index contributed by atoms with van der Waals surface area (Å²) in [6.07, 6.45) is -4.26. The third-order valence-electron chi connectivity index (χ3n) is 3.35. The summed E-state index contributed by atoms with van der Waals surface area (Å²) in [5.41, 5.74) is -0.498. The van der Waals surface area contributed by atoms with Gasteiger partial charge in [0.2, 0.25) is 0 Å². The summed E-state index contributed by atoms with van der Waals surface area (Å²) in [5, 5.41) is 6.42. The molecule has 0 atom stereocenters. The van der Waals surface area contributed by atoms with E-state index in [9.17, 15) is 22.0 Å². The van der Waals surface area contributed by atoms with Crippen molar-refractivity contribution >= 4 is 0 Å². The normalized spacial score (nSPS) is 15.1. The molecule has 0 saturated carbocycles. The third kappa shape index (κ3) is 2.39. The molecule has 2 aromatic rings. The van der Waals surface area contributed by atoms with Gasteiger partial charge in [0.25, 0.3) is 0 Å². The van der Waals surface area contributed by atoms with Crippen molar-refractivity contribution in [3.63, 3.8) is 0 Å². The van der Waals surface area contributed by atoms with Crippen LogP contribution in [0.1, 0.15) is 17.0 Å². The molecule has 112 valence electrons. The number of hydrogen-bond acceptors (Lipinski definition) is 2. The molecule has 0 radical (unpaired) electrons. The lowest BCUT2D eigenvalue weighted by atomic mass is 10.1. The fourth-order valence-corrected chi connectivity index (χ4v) is 2.41. The van der Waals surface area contributed by atoms with Gasteiger partial charge in [-0.3, -0.25) is 0 Å². The Morgan fingerprint density at radius 3 is 2.57 bits per heavy atom. The van der Waals surface area contributed by atoms with Crippen LogP contribution in [0.2, 0.25) is 0 Å². The molecule has 2 heterocycles. The average molecular weight is 303 g/mol. The number of nitrogens with zero attached hydrogens (tertiary/aromatic N) is 2. The van der Waals surface area contributed by atoms with E-state index in [1.54, 1.807) is 0 Å². The lowest BCUT2D eigenvalue weighted by molar-refractivity contribution is -0.142. The van der Waals surface area contributed by atoms with Gasteiger partial charge in [-0.15, -0.1) is 0 Å². The van der Waals surface area contributed by atoms with Gasteiger partial charge in [-0.05, 0) is 12.1 Å². The number of fused-ring (bicyclic) bond motifs is 1. The second-order valence-corrected chi connectivity index (χ2v) is 4.71. The van der Waals surface area contributed by atoms with Crippen molar-refractivity contribution in [3.8, 4) is 5.69 Å². The first-order valence-corrected chi connectivity index (χ1v) is 6.22. The molecule has 0 unspecified atom stereocenters. The highest BCUT2D eigenvalue weighted by molar-refractivity contribution is 5.40. The standard InChI is InChI=1S/C13H10F5N3/c14-9-2-1-7(5-10(9)15)21-11-3-4-19-6-8(11)12(20-21)13(16,17)18/h1-2,5,19H,3-4,6H2. The molecule has 0 amide bonds. The highest BCUT2D eigenvalue weighted by Gasteiger charge is 2.39. The summed E-state index contributed by atoms with van der Waals surface area (Å²) in [6, 6.07) is 2.91. The molecule has 0 bridgehead atoms. The molecule has 1 aliphatic rings. The molecule has 1 aliphatic heterocycles. The number of aromatic nitrogens is 2. The number of alkyl halides is 3. The Morgan fingerprint density at radius 2 is 1.90 bits per heavy atom. The minimum atomic E-state index is -4.59. The summed E-state index contributed by atoms with van der Waals surface area (Å²) in [5.74, 6) is -2.18. The zero-order valence-electron chi connectivity index (χ0n) is 10.6. The van der Waals surface area contributed by atoms with Crippen molar-refractivity contribution in [2.24, 2.45) is 0 Å². The van der Waals surface area contributed by atoms with Crippen LogP contribution >= 0.6 is 0 Å². The van der Waals surface area contributed by atoms with E-state index in [4.69, 9.17) is 0 Å². The monoisotopic (exact) mass is 303 g/mol. The Labute approximate surface area is 116 Å². The minimum Gasteiger partial charge on any atom is -0.312 e. The zero-order chi connectivity index (χ0) is 15.2. The zero-order valence-corrected chi connectivity index (χ0v) is 10.6. The fourth-order valence-electron chi connectivity index (χ4n) is 2.41. The topological polar surface area (TPSA) is 29.9 Å². The number of hydrogen-bond donors (Lipinski definition) is 1. The number of rotatable bonds is 1. The van der Waals surface area contributed by atoms with Crippen LogP contribution in [-0.4, -0.2) is 16.3 Å². The molecule has 21 heavy (non-hydrogen) atoms. The molecule has 1 aromatic heterocycles. The fraction of sp³-hybridized carbons (Fsp3) is 0.308. The van der Waals surface area contributed by atoms with Crippen LogP contribution in [0.5, 0.6) is 0 Å². The van der Waals surface area contributed by atoms with Gasteiger partial charge in [0.15, 0.2) is 17.3 Å². The van der Waals surface area contributed by atoms with Crippen LogP contribution in [0, 0.1) is 11.6 Å². The van der Waals surface area contributed by atoms with E-state index < -0.39 is 23.5 Å². The molecule has 0 aliphatic carbocycles. The van der Waals surface area contributed by atoms with Gasteiger partial charge in [-0.25, -0.2) is 13.5 Å². The highest BCUT2D eigenvalue weighted by atomic mass is 19.4. The van der Waals surface area contributed by atoms with Crippen molar-refractivity contribution in [3.05, 3.63) is 46.8 Å². The predicted octanol–water partition coefficient (Wildman–Crippen LogP) is 2.82. The molecule has 0 fully saturated rings. The highest BCUT2D eigenvalue weighted by Crippen LogP contribution is 2.34. The van der Waals surface area contributed by atoms with Gasteiger partial charge in [0.1, 0.15) is 0 Å². The number of halogens is 5. The van der Waals surface area contributed by atoms with Crippen molar-refractivity contribution in [1.29, 1.82) is 0 Å². The molecule has 8 heteroatoms. The maximum absolute atomic E-state index is 13.3. The van der Waals surface area contributed by atoms with Crippen molar-refractivity contribution in [2.75, 3.05) is 6.54 Å². The van der Waals surface area contributed by atoms with Crippen molar-refractivity contribution < 1.29 is 22.0 Å². The lowest BCUT2D eigenvalue weighted by Crippen LogP contribution is -2.25. The minimum absolute atomic E-state index is 0.0495. The lowest BCUT2D eigenvalue weighted by Gasteiger charge is -2.16. The third-order valence-corrected chi connectivity index (χ3v) is 3.35. The smallest absolute Gasteiger partial charge is 0.312 e. The Morgan fingerprint density at radius 1 is 1.14 bits per heavy atom. The van der Waals surface area contributed by atoms with E-state index in [2.05, 4.69) is 10.4 Å². The average Bonchev–Trinajstić information content (AvgIpc) is 2.81. The molecular weight excluding hydrogens is 293 g/mol. The summed E-state index contributed by atoms with van der Waals surface area (Å²) in [7, 11) is 0. The maximum atomic E-state index is 13.3. The van der Waals surface area contributed by atoms with Gasteiger partial charge in [-0.1, -0.05) is 0 Å². The van der Waals surface area contributed by atoms with E-state index in [0.29, 0.717) is 18.7 Å². The molecule has 0 spiro atoms. The summed E-state index contributed by atoms with van der Waals surface area (Å²) in [6.45, 7) is 0.549. The summed E-state index contributed by atoms with van der Waals surface area (Å²) >= 11 is 0. The van der Waals surface area contributed by atoms with Crippen LogP contribution < -0.4 is 5.32 Å². The van der Waals surface area contributed by atoms with Gasteiger partial charge in [0, 0.05) is 31.1 Å². The SMILES string of the molecule is Fc1ccc(-n2nc(C(F)(F)F)c3c2CCNC3)cc1F. The van der Waals surface area contributed by atoms with Crippen LogP contribution in [0.25, 0.3) is 5.69 Å². The van der Waals surface area contributed by atoms with Crippen molar-refractivity contribution in [1.82, 2.24) is 15.1 Å². The van der Waals surface area contributed by atoms with E-state index in [1.165, 1.54) is 6.07 Å². The number of nitrogens with one attached hydrogen (secondary N) is 1. The molecule has 3 rings (SSSR count).